The van der Waals surface area contributed by atoms with Crippen molar-refractivity contribution in [2.75, 3.05) is 7.11 Å². The number of urea groups is 1. The molecule has 1 atom stereocenters. The number of hydrogen-bond donors (Lipinski definition) is 3. The second-order valence-electron chi connectivity index (χ2n) is 6.12. The Morgan fingerprint density at radius 1 is 1.12 bits per heavy atom. The summed E-state index contributed by atoms with van der Waals surface area (Å²) in [5, 5.41) is 6.28. The number of nitrogens with one attached hydrogen (secondary N) is 3. The molecule has 26 heavy (non-hydrogen) atoms. The quantitative estimate of drug-likeness (QED) is 0.660. The van der Waals surface area contributed by atoms with Gasteiger partial charge in [-0.15, -0.1) is 0 Å². The van der Waals surface area contributed by atoms with Crippen LogP contribution in [0.2, 0.25) is 0 Å². The van der Waals surface area contributed by atoms with Crippen molar-refractivity contribution in [1.82, 2.24) is 15.6 Å². The summed E-state index contributed by atoms with van der Waals surface area (Å²) in [6, 6.07) is 13.9. The van der Waals surface area contributed by atoms with Gasteiger partial charge >= 0.3 is 6.03 Å². The van der Waals surface area contributed by atoms with Gasteiger partial charge in [0.15, 0.2) is 0 Å². The first-order valence-corrected chi connectivity index (χ1v) is 8.37. The number of aromatic amines is 1. The molecule has 134 valence electrons. The number of H-pyrrole nitrogens is 1. The third-order valence-electron chi connectivity index (χ3n) is 4.16. The summed E-state index contributed by atoms with van der Waals surface area (Å²) >= 11 is 0. The summed E-state index contributed by atoms with van der Waals surface area (Å²) in [7, 11) is 1.55. The van der Waals surface area contributed by atoms with E-state index in [1.807, 2.05) is 37.4 Å². The molecule has 3 N–H and O–H groups in total. The normalized spacial score (nSPS) is 11.8. The molecule has 6 heteroatoms. The van der Waals surface area contributed by atoms with E-state index in [1.54, 1.807) is 31.4 Å². The molecule has 3 aromatic rings. The highest BCUT2D eigenvalue weighted by Gasteiger charge is 2.14. The Hall–Kier alpha value is -3.28. The molecule has 0 aliphatic heterocycles. The maximum Gasteiger partial charge on any atom is 0.321 e. The van der Waals surface area contributed by atoms with Crippen LogP contribution in [-0.4, -0.2) is 30.1 Å². The van der Waals surface area contributed by atoms with Crippen LogP contribution in [0.25, 0.3) is 10.9 Å². The zero-order valence-corrected chi connectivity index (χ0v) is 14.7. The van der Waals surface area contributed by atoms with Crippen molar-refractivity contribution in [3.8, 4) is 5.75 Å². The third kappa shape index (κ3) is 4.03. The summed E-state index contributed by atoms with van der Waals surface area (Å²) in [6.07, 6.45) is 2.61. The Labute approximate surface area is 151 Å². The van der Waals surface area contributed by atoms with E-state index < -0.39 is 11.9 Å². The summed E-state index contributed by atoms with van der Waals surface area (Å²) < 4.78 is 5.05. The molecule has 1 heterocycles. The first-order valence-electron chi connectivity index (χ1n) is 8.37. The van der Waals surface area contributed by atoms with Crippen LogP contribution >= 0.6 is 0 Å². The number of aromatic nitrogens is 1. The Morgan fingerprint density at radius 3 is 2.58 bits per heavy atom. The van der Waals surface area contributed by atoms with Crippen LogP contribution in [0.4, 0.5) is 4.79 Å². The molecule has 1 unspecified atom stereocenters. The van der Waals surface area contributed by atoms with Gasteiger partial charge in [0.05, 0.1) is 7.11 Å². The van der Waals surface area contributed by atoms with Crippen LogP contribution in [0, 0.1) is 0 Å². The molecular weight excluding hydrogens is 330 g/mol. The molecule has 0 aliphatic carbocycles. The minimum absolute atomic E-state index is 0.127. The third-order valence-corrected chi connectivity index (χ3v) is 4.16. The van der Waals surface area contributed by atoms with Crippen molar-refractivity contribution < 1.29 is 14.3 Å². The smallest absolute Gasteiger partial charge is 0.321 e. The topological polar surface area (TPSA) is 83.2 Å². The summed E-state index contributed by atoms with van der Waals surface area (Å²) in [5.41, 5.74) is 2.58. The number of rotatable bonds is 5. The lowest BCUT2D eigenvalue weighted by molar-refractivity contribution is 0.0963. The van der Waals surface area contributed by atoms with Crippen LogP contribution < -0.4 is 15.4 Å². The largest absolute Gasteiger partial charge is 0.497 e. The van der Waals surface area contributed by atoms with Gasteiger partial charge in [0.2, 0.25) is 0 Å². The lowest BCUT2D eigenvalue weighted by atomic mass is 10.1. The molecule has 0 saturated heterocycles. The number of carbonyl (C=O) groups is 2. The highest BCUT2D eigenvalue weighted by Crippen LogP contribution is 2.19. The molecule has 0 fully saturated rings. The molecule has 0 bridgehead atoms. The Morgan fingerprint density at radius 2 is 1.85 bits per heavy atom. The molecule has 0 saturated carbocycles. The monoisotopic (exact) mass is 351 g/mol. The predicted octanol–water partition coefficient (Wildman–Crippen LogP) is 3.25. The van der Waals surface area contributed by atoms with Crippen LogP contribution in [0.3, 0.4) is 0 Å². The average Bonchev–Trinajstić information content (AvgIpc) is 3.04. The molecule has 3 rings (SSSR count). The number of benzene rings is 2. The second kappa shape index (κ2) is 7.74. The average molecular weight is 351 g/mol. The van der Waals surface area contributed by atoms with Crippen molar-refractivity contribution in [3.05, 3.63) is 65.9 Å². The standard InChI is InChI=1S/C20H21N3O3/c1-13(11-15-12-21-18-6-4-3-5-17(15)18)22-20(25)23-19(24)14-7-9-16(26-2)10-8-14/h3-10,12-13,21H,11H2,1-2H3,(H2,22,23,24,25). The Balaban J connectivity index is 1.56. The number of para-hydroxylation sites is 1. The predicted molar refractivity (Wildman–Crippen MR) is 100 cm³/mol. The molecule has 0 spiro atoms. The molecule has 2 aromatic carbocycles. The van der Waals surface area contributed by atoms with Crippen LogP contribution in [0.15, 0.2) is 54.7 Å². The number of amides is 3. The first kappa shape index (κ1) is 17.5. The van der Waals surface area contributed by atoms with E-state index in [4.69, 9.17) is 4.74 Å². The van der Waals surface area contributed by atoms with Gasteiger partial charge in [-0.1, -0.05) is 18.2 Å². The van der Waals surface area contributed by atoms with Crippen molar-refractivity contribution >= 4 is 22.8 Å². The second-order valence-corrected chi connectivity index (χ2v) is 6.12. The number of carbonyl (C=O) groups excluding carboxylic acids is 2. The van der Waals surface area contributed by atoms with Gasteiger partial charge in [-0.25, -0.2) is 4.79 Å². The number of hydrogen-bond acceptors (Lipinski definition) is 3. The lowest BCUT2D eigenvalue weighted by Crippen LogP contribution is -2.44. The fourth-order valence-corrected chi connectivity index (χ4v) is 2.86. The van der Waals surface area contributed by atoms with Crippen molar-refractivity contribution in [2.45, 2.75) is 19.4 Å². The van der Waals surface area contributed by atoms with E-state index in [1.165, 1.54) is 0 Å². The van der Waals surface area contributed by atoms with Crippen molar-refractivity contribution in [3.63, 3.8) is 0 Å². The van der Waals surface area contributed by atoms with Crippen molar-refractivity contribution in [2.24, 2.45) is 0 Å². The van der Waals surface area contributed by atoms with Crippen LogP contribution in [0.1, 0.15) is 22.8 Å². The van der Waals surface area contributed by atoms with E-state index >= 15 is 0 Å². The SMILES string of the molecule is COc1ccc(C(=O)NC(=O)NC(C)Cc2c[nH]c3ccccc23)cc1. The number of methoxy groups -OCH3 is 1. The highest BCUT2D eigenvalue weighted by atomic mass is 16.5. The highest BCUT2D eigenvalue weighted by molar-refractivity contribution is 6.04. The number of imide groups is 1. The molecule has 6 nitrogen and oxygen atoms in total. The van der Waals surface area contributed by atoms with Crippen LogP contribution in [-0.2, 0) is 6.42 Å². The Kier molecular flexibility index (Phi) is 5.22. The van der Waals surface area contributed by atoms with Gasteiger partial charge in [0.1, 0.15) is 5.75 Å². The first-order chi connectivity index (χ1) is 12.6. The molecular formula is C20H21N3O3. The molecule has 0 radical (unpaired) electrons. The van der Waals surface area contributed by atoms with E-state index in [-0.39, 0.29) is 6.04 Å². The number of fused-ring (bicyclic) bond motifs is 1. The maximum atomic E-state index is 12.1. The van der Waals surface area contributed by atoms with Gasteiger partial charge in [0.25, 0.3) is 5.91 Å². The fraction of sp³-hybridized carbons (Fsp3) is 0.200. The lowest BCUT2D eigenvalue weighted by Gasteiger charge is -2.14. The van der Waals surface area contributed by atoms with Crippen LogP contribution in [0.5, 0.6) is 5.75 Å². The van der Waals surface area contributed by atoms with Gasteiger partial charge in [0, 0.05) is 28.7 Å². The van der Waals surface area contributed by atoms with Crippen molar-refractivity contribution in [1.29, 1.82) is 0 Å². The minimum Gasteiger partial charge on any atom is -0.497 e. The molecule has 0 aliphatic rings. The van der Waals surface area contributed by atoms with E-state index in [0.717, 1.165) is 16.5 Å². The van der Waals surface area contributed by atoms with Gasteiger partial charge < -0.3 is 15.0 Å². The van der Waals surface area contributed by atoms with E-state index in [9.17, 15) is 9.59 Å². The maximum absolute atomic E-state index is 12.1. The van der Waals surface area contributed by atoms with E-state index in [0.29, 0.717) is 17.7 Å². The summed E-state index contributed by atoms with van der Waals surface area (Å²) in [4.78, 5) is 27.4. The Bertz CT molecular complexity index is 915. The summed E-state index contributed by atoms with van der Waals surface area (Å²) in [6.45, 7) is 1.90. The fourth-order valence-electron chi connectivity index (χ4n) is 2.86. The van der Waals surface area contributed by atoms with Gasteiger partial charge in [-0.05, 0) is 49.2 Å². The zero-order valence-electron chi connectivity index (χ0n) is 14.7. The minimum atomic E-state index is -0.516. The van der Waals surface area contributed by atoms with Gasteiger partial charge in [-0.2, -0.15) is 0 Å². The zero-order chi connectivity index (χ0) is 18.5. The van der Waals surface area contributed by atoms with Gasteiger partial charge in [-0.3, -0.25) is 10.1 Å². The molecule has 3 amide bonds. The van der Waals surface area contributed by atoms with E-state index in [2.05, 4.69) is 15.6 Å². The molecule has 1 aromatic heterocycles. The summed E-state index contributed by atoms with van der Waals surface area (Å²) in [5.74, 6) is 0.197. The number of ether oxygens (including phenoxy) is 1.